The Morgan fingerprint density at radius 3 is 2.59 bits per heavy atom. The lowest BCUT2D eigenvalue weighted by Crippen LogP contribution is -2.49. The molecule has 0 saturated carbocycles. The number of aromatic nitrogens is 4. The molecule has 0 aliphatic carbocycles. The second-order valence-electron chi connectivity index (χ2n) is 7.27. The summed E-state index contributed by atoms with van der Waals surface area (Å²) in [7, 11) is 0. The number of morpholine rings is 1. The van der Waals surface area contributed by atoms with E-state index in [1.54, 1.807) is 24.5 Å². The van der Waals surface area contributed by atoms with Crippen molar-refractivity contribution in [3.05, 3.63) is 59.4 Å². The summed E-state index contributed by atoms with van der Waals surface area (Å²) in [5.41, 5.74) is 1.67. The molecule has 2 atom stereocenters. The van der Waals surface area contributed by atoms with Gasteiger partial charge in [-0.3, -0.25) is 14.5 Å². The largest absolute Gasteiger partial charge is 0.376 e. The van der Waals surface area contributed by atoms with Gasteiger partial charge in [0.05, 0.1) is 25.1 Å². The van der Waals surface area contributed by atoms with Gasteiger partial charge in [-0.15, -0.1) is 5.10 Å². The Morgan fingerprint density at radius 1 is 1.17 bits per heavy atom. The molecule has 2 unspecified atom stereocenters. The van der Waals surface area contributed by atoms with Crippen LogP contribution in [-0.4, -0.2) is 49.5 Å². The van der Waals surface area contributed by atoms with Gasteiger partial charge in [-0.25, -0.2) is 9.07 Å². The Morgan fingerprint density at radius 2 is 1.90 bits per heavy atom. The fourth-order valence-corrected chi connectivity index (χ4v) is 3.94. The molecule has 1 aliphatic heterocycles. The van der Waals surface area contributed by atoms with E-state index in [4.69, 9.17) is 22.1 Å². The van der Waals surface area contributed by atoms with Gasteiger partial charge in [0.2, 0.25) is 4.77 Å². The normalized spacial score (nSPS) is 20.1. The van der Waals surface area contributed by atoms with Crippen LogP contribution in [0.1, 0.15) is 20.3 Å². The minimum Gasteiger partial charge on any atom is -0.376 e. The van der Waals surface area contributed by atoms with E-state index in [0.29, 0.717) is 29.9 Å². The van der Waals surface area contributed by atoms with E-state index in [1.807, 2.05) is 21.4 Å². The summed E-state index contributed by atoms with van der Waals surface area (Å²) < 4.78 is 23.6. The molecule has 0 spiro atoms. The van der Waals surface area contributed by atoms with Crippen molar-refractivity contribution < 1.29 is 9.13 Å². The Hall–Kier alpha value is -2.42. The second-order valence-corrected chi connectivity index (χ2v) is 7.64. The van der Waals surface area contributed by atoms with E-state index in [2.05, 4.69) is 23.7 Å². The van der Waals surface area contributed by atoms with Gasteiger partial charge < -0.3 is 4.74 Å². The first-order valence-electron chi connectivity index (χ1n) is 9.78. The van der Waals surface area contributed by atoms with Gasteiger partial charge in [0.15, 0.2) is 5.82 Å². The number of hydrogen-bond acceptors (Lipinski definition) is 5. The summed E-state index contributed by atoms with van der Waals surface area (Å²) in [5.74, 6) is 0.421. The van der Waals surface area contributed by atoms with Crippen LogP contribution in [0, 0.1) is 10.6 Å². The van der Waals surface area contributed by atoms with Gasteiger partial charge in [-0.05, 0) is 62.0 Å². The highest BCUT2D eigenvalue weighted by Gasteiger charge is 2.27. The number of halogens is 1. The molecule has 0 bridgehead atoms. The van der Waals surface area contributed by atoms with Crippen LogP contribution in [0.25, 0.3) is 17.1 Å². The average Bonchev–Trinajstić information content (AvgIpc) is 3.06. The van der Waals surface area contributed by atoms with Crippen LogP contribution in [0.5, 0.6) is 0 Å². The Bertz CT molecular complexity index is 1020. The molecule has 3 aromatic rings. The molecular weight excluding hydrogens is 389 g/mol. The lowest BCUT2D eigenvalue weighted by molar-refractivity contribution is -0.0689. The molecule has 0 amide bonds. The molecule has 8 heteroatoms. The third-order valence-corrected chi connectivity index (χ3v) is 5.62. The maximum Gasteiger partial charge on any atom is 0.204 e. The molecule has 1 fully saturated rings. The summed E-state index contributed by atoms with van der Waals surface area (Å²) in [6.07, 6.45) is 4.62. The van der Waals surface area contributed by atoms with Crippen molar-refractivity contribution in [2.75, 3.05) is 13.2 Å². The number of hydrogen-bond donors (Lipinski definition) is 0. The SMILES string of the molecule is CCC1COC(C)CN1Cn1nc(-c2ccncc2)n(-c2ccc(F)cc2)c1=S. The summed E-state index contributed by atoms with van der Waals surface area (Å²) in [6, 6.07) is 10.4. The fourth-order valence-electron chi connectivity index (χ4n) is 3.64. The van der Waals surface area contributed by atoms with Crippen LogP contribution in [0.15, 0.2) is 48.8 Å². The van der Waals surface area contributed by atoms with E-state index >= 15 is 0 Å². The molecule has 6 nitrogen and oxygen atoms in total. The third kappa shape index (κ3) is 4.14. The molecule has 4 rings (SSSR count). The van der Waals surface area contributed by atoms with Crippen molar-refractivity contribution in [1.29, 1.82) is 0 Å². The van der Waals surface area contributed by atoms with Crippen molar-refractivity contribution in [2.45, 2.75) is 39.1 Å². The molecule has 2 aromatic heterocycles. The molecule has 29 heavy (non-hydrogen) atoms. The molecule has 1 aromatic carbocycles. The van der Waals surface area contributed by atoms with E-state index < -0.39 is 0 Å². The van der Waals surface area contributed by atoms with Crippen LogP contribution < -0.4 is 0 Å². The smallest absolute Gasteiger partial charge is 0.204 e. The zero-order valence-corrected chi connectivity index (χ0v) is 17.3. The quantitative estimate of drug-likeness (QED) is 0.591. The number of ether oxygens (including phenoxy) is 1. The van der Waals surface area contributed by atoms with Crippen LogP contribution >= 0.6 is 12.2 Å². The van der Waals surface area contributed by atoms with Crippen molar-refractivity contribution in [1.82, 2.24) is 24.2 Å². The average molecular weight is 414 g/mol. The molecule has 0 radical (unpaired) electrons. The Kier molecular flexibility index (Phi) is 5.84. The number of rotatable bonds is 5. The minimum atomic E-state index is -0.286. The zero-order chi connectivity index (χ0) is 20.4. The molecule has 152 valence electrons. The summed E-state index contributed by atoms with van der Waals surface area (Å²) in [6.45, 7) is 6.36. The standard InChI is InChI=1S/C21H24FN5OS/c1-3-18-13-28-15(2)12-25(18)14-26-21(29)27(19-6-4-17(22)5-7-19)20(24-26)16-8-10-23-11-9-16/h4-11,15,18H,3,12-14H2,1-2H3. The van der Waals surface area contributed by atoms with Crippen molar-refractivity contribution >= 4 is 12.2 Å². The van der Waals surface area contributed by atoms with Crippen LogP contribution in [0.2, 0.25) is 0 Å². The summed E-state index contributed by atoms with van der Waals surface area (Å²) >= 11 is 5.80. The van der Waals surface area contributed by atoms with Crippen LogP contribution in [-0.2, 0) is 11.4 Å². The summed E-state index contributed by atoms with van der Waals surface area (Å²) in [5, 5.41) is 4.84. The maximum atomic E-state index is 13.5. The topological polar surface area (TPSA) is 48.1 Å². The predicted octanol–water partition coefficient (Wildman–Crippen LogP) is 4.06. The van der Waals surface area contributed by atoms with Crippen molar-refractivity contribution in [3.8, 4) is 17.1 Å². The van der Waals surface area contributed by atoms with Crippen molar-refractivity contribution in [3.63, 3.8) is 0 Å². The highest BCUT2D eigenvalue weighted by Crippen LogP contribution is 2.23. The minimum absolute atomic E-state index is 0.172. The van der Waals surface area contributed by atoms with Gasteiger partial charge in [-0.2, -0.15) is 0 Å². The molecule has 1 saturated heterocycles. The van der Waals surface area contributed by atoms with E-state index in [1.165, 1.54) is 12.1 Å². The zero-order valence-electron chi connectivity index (χ0n) is 16.5. The Balaban J connectivity index is 1.77. The van der Waals surface area contributed by atoms with Crippen molar-refractivity contribution in [2.24, 2.45) is 0 Å². The van der Waals surface area contributed by atoms with Gasteiger partial charge in [0, 0.05) is 30.5 Å². The maximum absolute atomic E-state index is 13.5. The molecular formula is C21H24FN5OS. The molecule has 0 N–H and O–H groups in total. The first kappa shape index (κ1) is 19.9. The monoisotopic (exact) mass is 413 g/mol. The van der Waals surface area contributed by atoms with Crippen LogP contribution in [0.4, 0.5) is 4.39 Å². The third-order valence-electron chi connectivity index (χ3n) is 5.23. The number of benzene rings is 1. The number of pyridine rings is 1. The molecule has 1 aliphatic rings. The van der Waals surface area contributed by atoms with Gasteiger partial charge in [0.1, 0.15) is 5.82 Å². The van der Waals surface area contributed by atoms with Gasteiger partial charge in [0.25, 0.3) is 0 Å². The first-order valence-corrected chi connectivity index (χ1v) is 10.2. The first-order chi connectivity index (χ1) is 14.1. The fraction of sp³-hybridized carbons (Fsp3) is 0.381. The Labute approximate surface area is 174 Å². The predicted molar refractivity (Wildman–Crippen MR) is 112 cm³/mol. The highest BCUT2D eigenvalue weighted by molar-refractivity contribution is 7.71. The summed E-state index contributed by atoms with van der Waals surface area (Å²) in [4.78, 5) is 6.46. The second kappa shape index (κ2) is 8.52. The lowest BCUT2D eigenvalue weighted by Gasteiger charge is -2.37. The lowest BCUT2D eigenvalue weighted by atomic mass is 10.1. The molecule has 3 heterocycles. The van der Waals surface area contributed by atoms with Gasteiger partial charge >= 0.3 is 0 Å². The van der Waals surface area contributed by atoms with E-state index in [-0.39, 0.29) is 11.9 Å². The number of nitrogens with zero attached hydrogens (tertiary/aromatic N) is 5. The van der Waals surface area contributed by atoms with E-state index in [9.17, 15) is 4.39 Å². The highest BCUT2D eigenvalue weighted by atomic mass is 32.1. The van der Waals surface area contributed by atoms with Gasteiger partial charge in [-0.1, -0.05) is 6.92 Å². The van der Waals surface area contributed by atoms with Crippen LogP contribution in [0.3, 0.4) is 0 Å². The van der Waals surface area contributed by atoms with E-state index in [0.717, 1.165) is 24.2 Å².